The molecule has 1 aromatic heterocycles. The van der Waals surface area contributed by atoms with Crippen LogP contribution in [0, 0.1) is 20.8 Å². The van der Waals surface area contributed by atoms with E-state index in [0.717, 1.165) is 13.0 Å². The maximum Gasteiger partial charge on any atom is 0.0488 e. The fourth-order valence-corrected chi connectivity index (χ4v) is 2.53. The van der Waals surface area contributed by atoms with Crippen LogP contribution in [0.15, 0.2) is 12.1 Å². The minimum atomic E-state index is 1.08. The quantitative estimate of drug-likeness (QED) is 0.775. The summed E-state index contributed by atoms with van der Waals surface area (Å²) in [4.78, 5) is 3.59. The molecule has 0 spiro atoms. The lowest BCUT2D eigenvalue weighted by Crippen LogP contribution is -2.08. The third-order valence-electron chi connectivity index (χ3n) is 3.47. The van der Waals surface area contributed by atoms with Crippen molar-refractivity contribution in [2.24, 2.45) is 0 Å². The summed E-state index contributed by atoms with van der Waals surface area (Å²) in [6.45, 7) is 7.65. The van der Waals surface area contributed by atoms with E-state index in [1.807, 2.05) is 7.05 Å². The first-order chi connectivity index (χ1) is 8.13. The standard InChI is InChI=1S/C15H22N2/c1-10-8-11(2)15-13(9-10)12(3)14(17-15)6-5-7-16-4/h8-9,16-17H,5-7H2,1-4H3. The highest BCUT2D eigenvalue weighted by Gasteiger charge is 2.09. The Balaban J connectivity index is 2.39. The lowest BCUT2D eigenvalue weighted by molar-refractivity contribution is 0.716. The van der Waals surface area contributed by atoms with Gasteiger partial charge in [0.15, 0.2) is 0 Å². The molecule has 0 fully saturated rings. The molecule has 2 aromatic rings. The summed E-state index contributed by atoms with van der Waals surface area (Å²) >= 11 is 0. The summed E-state index contributed by atoms with van der Waals surface area (Å²) in [6, 6.07) is 4.53. The van der Waals surface area contributed by atoms with Crippen LogP contribution in [-0.4, -0.2) is 18.6 Å². The number of rotatable bonds is 4. The molecule has 92 valence electrons. The SMILES string of the molecule is CNCCCc1[nH]c2c(C)cc(C)cc2c1C. The molecule has 0 unspecified atom stereocenters. The van der Waals surface area contributed by atoms with Gasteiger partial charge in [0, 0.05) is 16.6 Å². The second-order valence-corrected chi connectivity index (χ2v) is 4.94. The Labute approximate surface area is 103 Å². The van der Waals surface area contributed by atoms with Gasteiger partial charge in [-0.05, 0) is 64.4 Å². The van der Waals surface area contributed by atoms with Crippen molar-refractivity contribution in [3.8, 4) is 0 Å². The maximum atomic E-state index is 3.59. The molecule has 0 saturated heterocycles. The second kappa shape index (κ2) is 4.92. The number of benzene rings is 1. The normalized spacial score (nSPS) is 11.3. The molecule has 0 amide bonds. The number of aromatic amines is 1. The van der Waals surface area contributed by atoms with Gasteiger partial charge in [-0.1, -0.05) is 11.6 Å². The van der Waals surface area contributed by atoms with Gasteiger partial charge in [-0.25, -0.2) is 0 Å². The van der Waals surface area contributed by atoms with Gasteiger partial charge >= 0.3 is 0 Å². The van der Waals surface area contributed by atoms with Crippen molar-refractivity contribution >= 4 is 10.9 Å². The third kappa shape index (κ3) is 2.37. The predicted octanol–water partition coefficient (Wildman–Crippen LogP) is 3.25. The minimum absolute atomic E-state index is 1.08. The molecule has 17 heavy (non-hydrogen) atoms. The first kappa shape index (κ1) is 12.2. The van der Waals surface area contributed by atoms with Crippen LogP contribution in [0.5, 0.6) is 0 Å². The van der Waals surface area contributed by atoms with Crippen molar-refractivity contribution in [3.63, 3.8) is 0 Å². The van der Waals surface area contributed by atoms with E-state index in [-0.39, 0.29) is 0 Å². The van der Waals surface area contributed by atoms with Crippen molar-refractivity contribution in [3.05, 3.63) is 34.5 Å². The van der Waals surface area contributed by atoms with Gasteiger partial charge in [-0.2, -0.15) is 0 Å². The first-order valence-electron chi connectivity index (χ1n) is 6.36. The maximum absolute atomic E-state index is 3.59. The molecular weight excluding hydrogens is 208 g/mol. The van der Waals surface area contributed by atoms with Gasteiger partial charge in [0.25, 0.3) is 0 Å². The van der Waals surface area contributed by atoms with E-state index in [9.17, 15) is 0 Å². The fourth-order valence-electron chi connectivity index (χ4n) is 2.53. The zero-order valence-corrected chi connectivity index (χ0v) is 11.3. The van der Waals surface area contributed by atoms with E-state index in [0.29, 0.717) is 0 Å². The Bertz CT molecular complexity index is 523. The largest absolute Gasteiger partial charge is 0.358 e. The Morgan fingerprint density at radius 2 is 1.94 bits per heavy atom. The number of hydrogen-bond donors (Lipinski definition) is 2. The van der Waals surface area contributed by atoms with Gasteiger partial charge in [-0.3, -0.25) is 0 Å². The molecule has 0 saturated carbocycles. The Hall–Kier alpha value is -1.28. The van der Waals surface area contributed by atoms with Crippen LogP contribution in [-0.2, 0) is 6.42 Å². The molecular formula is C15H22N2. The summed E-state index contributed by atoms with van der Waals surface area (Å²) in [6.07, 6.45) is 2.31. The number of H-pyrrole nitrogens is 1. The van der Waals surface area contributed by atoms with Gasteiger partial charge in [0.05, 0.1) is 0 Å². The second-order valence-electron chi connectivity index (χ2n) is 4.94. The average molecular weight is 230 g/mol. The van der Waals surface area contributed by atoms with E-state index in [4.69, 9.17) is 0 Å². The van der Waals surface area contributed by atoms with E-state index in [1.165, 1.54) is 39.7 Å². The Morgan fingerprint density at radius 3 is 2.65 bits per heavy atom. The molecule has 0 radical (unpaired) electrons. The third-order valence-corrected chi connectivity index (χ3v) is 3.47. The van der Waals surface area contributed by atoms with Crippen LogP contribution in [0.3, 0.4) is 0 Å². The zero-order valence-electron chi connectivity index (χ0n) is 11.3. The van der Waals surface area contributed by atoms with Gasteiger partial charge in [-0.15, -0.1) is 0 Å². The highest BCUT2D eigenvalue weighted by Crippen LogP contribution is 2.26. The number of aromatic nitrogens is 1. The summed E-state index contributed by atoms with van der Waals surface area (Å²) in [5, 5.41) is 4.59. The number of hydrogen-bond acceptors (Lipinski definition) is 1. The summed E-state index contributed by atoms with van der Waals surface area (Å²) in [5.41, 5.74) is 6.82. The van der Waals surface area contributed by atoms with Crippen molar-refractivity contribution in [1.29, 1.82) is 0 Å². The van der Waals surface area contributed by atoms with Crippen LogP contribution in [0.1, 0.15) is 28.8 Å². The lowest BCUT2D eigenvalue weighted by Gasteiger charge is -1.99. The van der Waals surface area contributed by atoms with Crippen molar-refractivity contribution < 1.29 is 0 Å². The first-order valence-corrected chi connectivity index (χ1v) is 6.36. The molecule has 2 nitrogen and oxygen atoms in total. The Morgan fingerprint density at radius 1 is 1.18 bits per heavy atom. The van der Waals surface area contributed by atoms with E-state index in [2.05, 4.69) is 43.2 Å². The van der Waals surface area contributed by atoms with Crippen LogP contribution in [0.2, 0.25) is 0 Å². The van der Waals surface area contributed by atoms with Crippen LogP contribution >= 0.6 is 0 Å². The molecule has 0 aliphatic heterocycles. The Kier molecular flexibility index (Phi) is 3.53. The van der Waals surface area contributed by atoms with Crippen molar-refractivity contribution in [1.82, 2.24) is 10.3 Å². The molecule has 2 N–H and O–H groups in total. The molecule has 0 aliphatic rings. The predicted molar refractivity (Wildman–Crippen MR) is 74.8 cm³/mol. The lowest BCUT2D eigenvalue weighted by atomic mass is 10.0. The van der Waals surface area contributed by atoms with Crippen LogP contribution < -0.4 is 5.32 Å². The number of aryl methyl sites for hydroxylation is 4. The summed E-state index contributed by atoms with van der Waals surface area (Å²) in [5.74, 6) is 0. The van der Waals surface area contributed by atoms with E-state index >= 15 is 0 Å². The highest BCUT2D eigenvalue weighted by atomic mass is 14.8. The smallest absolute Gasteiger partial charge is 0.0488 e. The van der Waals surface area contributed by atoms with Crippen LogP contribution in [0.25, 0.3) is 10.9 Å². The monoisotopic (exact) mass is 230 g/mol. The molecule has 2 rings (SSSR count). The van der Waals surface area contributed by atoms with Crippen LogP contribution in [0.4, 0.5) is 0 Å². The summed E-state index contributed by atoms with van der Waals surface area (Å²) < 4.78 is 0. The zero-order chi connectivity index (χ0) is 12.4. The average Bonchev–Trinajstić information content (AvgIpc) is 2.58. The fraction of sp³-hybridized carbons (Fsp3) is 0.467. The highest BCUT2D eigenvalue weighted by molar-refractivity contribution is 5.87. The van der Waals surface area contributed by atoms with Crippen molar-refractivity contribution in [2.75, 3.05) is 13.6 Å². The van der Waals surface area contributed by atoms with Gasteiger partial charge < -0.3 is 10.3 Å². The van der Waals surface area contributed by atoms with Crippen molar-refractivity contribution in [2.45, 2.75) is 33.6 Å². The molecule has 0 atom stereocenters. The molecule has 1 aromatic carbocycles. The van der Waals surface area contributed by atoms with Gasteiger partial charge in [0.2, 0.25) is 0 Å². The molecule has 0 aliphatic carbocycles. The topological polar surface area (TPSA) is 27.8 Å². The minimum Gasteiger partial charge on any atom is -0.358 e. The summed E-state index contributed by atoms with van der Waals surface area (Å²) in [7, 11) is 2.01. The number of fused-ring (bicyclic) bond motifs is 1. The van der Waals surface area contributed by atoms with Gasteiger partial charge in [0.1, 0.15) is 0 Å². The van der Waals surface area contributed by atoms with E-state index in [1.54, 1.807) is 0 Å². The molecule has 2 heteroatoms. The number of nitrogens with one attached hydrogen (secondary N) is 2. The van der Waals surface area contributed by atoms with E-state index < -0.39 is 0 Å². The molecule has 1 heterocycles. The molecule has 0 bridgehead atoms.